The van der Waals surface area contributed by atoms with Gasteiger partial charge < -0.3 is 5.73 Å². The number of nitrogens with two attached hydrogens (primary N) is 3. The van der Waals surface area contributed by atoms with Gasteiger partial charge in [-0.3, -0.25) is 5.01 Å². The standard InChI is InChI=1S/C7H10N4O2S2/c8-7(14)11(9)5-2-1-3-6(4-5)15(10,12)13/h1-4H,9H2,(H2,8,14)(H2,10,12,13). The van der Waals surface area contributed by atoms with Crippen LogP contribution in [-0.4, -0.2) is 13.5 Å². The van der Waals surface area contributed by atoms with Crippen LogP contribution in [0.4, 0.5) is 5.69 Å². The van der Waals surface area contributed by atoms with Crippen molar-refractivity contribution in [2.75, 3.05) is 5.01 Å². The average Bonchev–Trinajstić information content (AvgIpc) is 2.15. The number of rotatable bonds is 2. The molecule has 0 radical (unpaired) electrons. The van der Waals surface area contributed by atoms with Gasteiger partial charge in [-0.25, -0.2) is 19.4 Å². The van der Waals surface area contributed by atoms with Crippen molar-refractivity contribution < 1.29 is 8.42 Å². The fourth-order valence-corrected chi connectivity index (χ4v) is 1.60. The van der Waals surface area contributed by atoms with Gasteiger partial charge in [0.2, 0.25) is 10.0 Å². The molecule has 0 fully saturated rings. The maximum Gasteiger partial charge on any atom is 0.238 e. The Balaban J connectivity index is 3.20. The molecule has 0 atom stereocenters. The van der Waals surface area contributed by atoms with E-state index in [-0.39, 0.29) is 10.0 Å². The molecule has 6 N–H and O–H groups in total. The summed E-state index contributed by atoms with van der Waals surface area (Å²) in [5.74, 6) is 5.48. The highest BCUT2D eigenvalue weighted by Gasteiger charge is 2.10. The fourth-order valence-electron chi connectivity index (χ4n) is 0.938. The lowest BCUT2D eigenvalue weighted by atomic mass is 10.3. The number of anilines is 1. The molecular weight excluding hydrogens is 236 g/mol. The molecule has 0 aromatic heterocycles. The van der Waals surface area contributed by atoms with Crippen LogP contribution in [0, 0.1) is 0 Å². The summed E-state index contributed by atoms with van der Waals surface area (Å²) in [6.07, 6.45) is 0. The van der Waals surface area contributed by atoms with Crippen molar-refractivity contribution in [3.63, 3.8) is 0 Å². The number of sulfonamides is 1. The van der Waals surface area contributed by atoms with Gasteiger partial charge in [0, 0.05) is 0 Å². The quantitative estimate of drug-likeness (QED) is 0.359. The monoisotopic (exact) mass is 246 g/mol. The summed E-state index contributed by atoms with van der Waals surface area (Å²) >= 11 is 4.63. The topological polar surface area (TPSA) is 115 Å². The molecule has 0 spiro atoms. The Bertz CT molecular complexity index is 486. The van der Waals surface area contributed by atoms with Crippen LogP contribution in [0.1, 0.15) is 0 Å². The van der Waals surface area contributed by atoms with E-state index in [0.717, 1.165) is 5.01 Å². The zero-order valence-corrected chi connectivity index (χ0v) is 9.25. The SMILES string of the molecule is NC(=S)N(N)c1cccc(S(N)(=O)=O)c1. The molecule has 0 aliphatic carbocycles. The third-order valence-corrected chi connectivity index (χ3v) is 2.77. The molecule has 1 rings (SSSR count). The molecule has 6 nitrogen and oxygen atoms in total. The smallest absolute Gasteiger partial charge is 0.238 e. The van der Waals surface area contributed by atoms with Crippen molar-refractivity contribution >= 4 is 33.0 Å². The molecule has 1 aromatic rings. The Hall–Kier alpha value is -1.22. The number of hydrogen-bond donors (Lipinski definition) is 3. The highest BCUT2D eigenvalue weighted by atomic mass is 32.2. The van der Waals surface area contributed by atoms with Crippen molar-refractivity contribution in [2.45, 2.75) is 4.90 Å². The fraction of sp³-hybridized carbons (Fsp3) is 0. The van der Waals surface area contributed by atoms with E-state index in [4.69, 9.17) is 16.7 Å². The minimum absolute atomic E-state index is 0.0494. The van der Waals surface area contributed by atoms with Crippen LogP contribution >= 0.6 is 12.2 Å². The second-order valence-corrected chi connectivity index (χ2v) is 4.73. The number of hydrazine groups is 1. The van der Waals surface area contributed by atoms with E-state index in [9.17, 15) is 8.42 Å². The molecule has 0 bridgehead atoms. The van der Waals surface area contributed by atoms with Crippen LogP contribution in [0.25, 0.3) is 0 Å². The Morgan fingerprint density at radius 1 is 1.40 bits per heavy atom. The number of benzene rings is 1. The third-order valence-electron chi connectivity index (χ3n) is 1.66. The molecule has 0 unspecified atom stereocenters. The van der Waals surface area contributed by atoms with Crippen molar-refractivity contribution in [3.8, 4) is 0 Å². The summed E-state index contributed by atoms with van der Waals surface area (Å²) in [5.41, 5.74) is 5.63. The number of hydrogen-bond acceptors (Lipinski definition) is 4. The number of thiocarbonyl (C=S) groups is 1. The molecule has 0 aliphatic heterocycles. The molecule has 0 amide bonds. The highest BCUT2D eigenvalue weighted by Crippen LogP contribution is 2.16. The maximum atomic E-state index is 11.0. The normalized spacial score (nSPS) is 11.1. The number of nitrogens with zero attached hydrogens (tertiary/aromatic N) is 1. The van der Waals surface area contributed by atoms with E-state index in [1.54, 1.807) is 6.07 Å². The van der Waals surface area contributed by atoms with Gasteiger partial charge in [0.15, 0.2) is 5.11 Å². The predicted molar refractivity (Wildman–Crippen MR) is 61.3 cm³/mol. The molecule has 1 aromatic carbocycles. The van der Waals surface area contributed by atoms with E-state index in [2.05, 4.69) is 12.2 Å². The van der Waals surface area contributed by atoms with Gasteiger partial charge in [0.25, 0.3) is 0 Å². The van der Waals surface area contributed by atoms with E-state index in [1.165, 1.54) is 18.2 Å². The molecule has 0 saturated carbocycles. The lowest BCUT2D eigenvalue weighted by Crippen LogP contribution is -2.41. The van der Waals surface area contributed by atoms with E-state index in [0.29, 0.717) is 5.69 Å². The van der Waals surface area contributed by atoms with Crippen LogP contribution in [0.15, 0.2) is 29.2 Å². The number of primary sulfonamides is 1. The zero-order valence-electron chi connectivity index (χ0n) is 7.62. The lowest BCUT2D eigenvalue weighted by molar-refractivity contribution is 0.598. The van der Waals surface area contributed by atoms with Crippen LogP contribution < -0.4 is 21.7 Å². The van der Waals surface area contributed by atoms with Crippen molar-refractivity contribution in [3.05, 3.63) is 24.3 Å². The summed E-state index contributed by atoms with van der Waals surface area (Å²) in [6.45, 7) is 0. The predicted octanol–water partition coefficient (Wildman–Crippen LogP) is -0.742. The second kappa shape index (κ2) is 4.11. The van der Waals surface area contributed by atoms with Gasteiger partial charge in [-0.05, 0) is 30.4 Å². The zero-order chi connectivity index (χ0) is 11.6. The summed E-state index contributed by atoms with van der Waals surface area (Å²) in [7, 11) is -3.75. The second-order valence-electron chi connectivity index (χ2n) is 2.75. The Labute approximate surface area is 92.7 Å². The van der Waals surface area contributed by atoms with Crippen LogP contribution in [-0.2, 0) is 10.0 Å². The largest absolute Gasteiger partial charge is 0.375 e. The Morgan fingerprint density at radius 3 is 2.47 bits per heavy atom. The lowest BCUT2D eigenvalue weighted by Gasteiger charge is -2.16. The van der Waals surface area contributed by atoms with E-state index >= 15 is 0 Å². The van der Waals surface area contributed by atoms with Crippen molar-refractivity contribution in [1.82, 2.24) is 0 Å². The van der Waals surface area contributed by atoms with E-state index in [1.807, 2.05) is 0 Å². The first-order chi connectivity index (χ1) is 6.82. The average molecular weight is 246 g/mol. The molecule has 8 heteroatoms. The molecule has 82 valence electrons. The molecule has 0 heterocycles. The molecule has 0 saturated heterocycles. The Morgan fingerprint density at radius 2 is 2.00 bits per heavy atom. The summed E-state index contributed by atoms with van der Waals surface area (Å²) in [4.78, 5) is -0.0494. The summed E-state index contributed by atoms with van der Waals surface area (Å²) in [5, 5.41) is 5.87. The molecule has 15 heavy (non-hydrogen) atoms. The van der Waals surface area contributed by atoms with Gasteiger partial charge in [0.1, 0.15) is 0 Å². The Kier molecular flexibility index (Phi) is 3.25. The van der Waals surface area contributed by atoms with Gasteiger partial charge in [-0.2, -0.15) is 0 Å². The molecular formula is C7H10N4O2S2. The van der Waals surface area contributed by atoms with Gasteiger partial charge in [-0.15, -0.1) is 0 Å². The van der Waals surface area contributed by atoms with Crippen molar-refractivity contribution in [2.24, 2.45) is 16.7 Å². The minimum Gasteiger partial charge on any atom is -0.375 e. The first-order valence-corrected chi connectivity index (χ1v) is 5.75. The van der Waals surface area contributed by atoms with Gasteiger partial charge in [-0.1, -0.05) is 6.07 Å². The van der Waals surface area contributed by atoms with Crippen LogP contribution in [0.3, 0.4) is 0 Å². The highest BCUT2D eigenvalue weighted by molar-refractivity contribution is 7.89. The summed E-state index contributed by atoms with van der Waals surface area (Å²) in [6, 6.07) is 5.70. The third kappa shape index (κ3) is 2.86. The first-order valence-electron chi connectivity index (χ1n) is 3.79. The van der Waals surface area contributed by atoms with E-state index < -0.39 is 10.0 Å². The maximum absolute atomic E-state index is 11.0. The van der Waals surface area contributed by atoms with Crippen LogP contribution in [0.2, 0.25) is 0 Å². The van der Waals surface area contributed by atoms with Gasteiger partial charge in [0.05, 0.1) is 10.6 Å². The van der Waals surface area contributed by atoms with Crippen LogP contribution in [0.5, 0.6) is 0 Å². The minimum atomic E-state index is -3.75. The van der Waals surface area contributed by atoms with Crippen molar-refractivity contribution in [1.29, 1.82) is 0 Å². The first kappa shape index (κ1) is 11.9. The molecule has 0 aliphatic rings. The van der Waals surface area contributed by atoms with Gasteiger partial charge >= 0.3 is 0 Å². The summed E-state index contributed by atoms with van der Waals surface area (Å²) < 4.78 is 22.1.